The molecule has 0 radical (unpaired) electrons. The first-order valence-electron chi connectivity index (χ1n) is 10.5. The molecule has 0 aliphatic carbocycles. The van der Waals surface area contributed by atoms with Crippen molar-refractivity contribution in [3.8, 4) is 0 Å². The largest absolute Gasteiger partial charge is 0.383 e. The quantitative estimate of drug-likeness (QED) is 0.436. The van der Waals surface area contributed by atoms with Crippen LogP contribution in [0.2, 0.25) is 0 Å². The van der Waals surface area contributed by atoms with Crippen molar-refractivity contribution in [2.45, 2.75) is 13.0 Å². The van der Waals surface area contributed by atoms with Gasteiger partial charge in [0.15, 0.2) is 5.13 Å². The molecule has 34 heavy (non-hydrogen) atoms. The molecule has 2 aromatic carbocycles. The van der Waals surface area contributed by atoms with Crippen molar-refractivity contribution < 1.29 is 23.5 Å². The van der Waals surface area contributed by atoms with Crippen molar-refractivity contribution in [3.05, 3.63) is 82.6 Å². The van der Waals surface area contributed by atoms with Crippen molar-refractivity contribution in [1.29, 1.82) is 0 Å². The molecule has 2 N–H and O–H groups in total. The summed E-state index contributed by atoms with van der Waals surface area (Å²) in [5, 5.41) is 7.45. The molecule has 1 heterocycles. The molecule has 0 saturated heterocycles. The number of methoxy groups -OCH3 is 1. The van der Waals surface area contributed by atoms with Crippen LogP contribution in [0.25, 0.3) is 0 Å². The highest BCUT2D eigenvalue weighted by Crippen LogP contribution is 2.16. The maximum absolute atomic E-state index is 13.0. The van der Waals surface area contributed by atoms with Crippen molar-refractivity contribution >= 4 is 34.2 Å². The van der Waals surface area contributed by atoms with Crippen LogP contribution in [0, 0.1) is 5.82 Å². The zero-order chi connectivity index (χ0) is 24.3. The first-order valence-corrected chi connectivity index (χ1v) is 11.4. The third kappa shape index (κ3) is 7.75. The maximum atomic E-state index is 13.0. The second-order valence-electron chi connectivity index (χ2n) is 7.36. The Balaban J connectivity index is 1.51. The van der Waals surface area contributed by atoms with Crippen LogP contribution in [0.15, 0.2) is 60.0 Å². The Labute approximate surface area is 200 Å². The minimum Gasteiger partial charge on any atom is -0.383 e. The van der Waals surface area contributed by atoms with Gasteiger partial charge in [-0.3, -0.25) is 14.4 Å². The number of ether oxygens (including phenoxy) is 1. The second-order valence-corrected chi connectivity index (χ2v) is 8.22. The van der Waals surface area contributed by atoms with Crippen molar-refractivity contribution in [3.63, 3.8) is 0 Å². The molecule has 8 nitrogen and oxygen atoms in total. The van der Waals surface area contributed by atoms with E-state index < -0.39 is 5.91 Å². The number of amides is 3. The van der Waals surface area contributed by atoms with E-state index in [0.717, 1.165) is 5.56 Å². The second kappa shape index (κ2) is 12.6. The smallest absolute Gasteiger partial charge is 0.254 e. The third-order valence-corrected chi connectivity index (χ3v) is 5.56. The van der Waals surface area contributed by atoms with Crippen molar-refractivity contribution in [1.82, 2.24) is 15.2 Å². The predicted octanol–water partition coefficient (Wildman–Crippen LogP) is 2.87. The molecule has 0 aliphatic rings. The van der Waals surface area contributed by atoms with Crippen molar-refractivity contribution in [2.24, 2.45) is 0 Å². The summed E-state index contributed by atoms with van der Waals surface area (Å²) in [6.07, 6.45) is 0.0417. The molecule has 0 spiro atoms. The monoisotopic (exact) mass is 484 g/mol. The van der Waals surface area contributed by atoms with E-state index in [1.165, 1.54) is 35.5 Å². The van der Waals surface area contributed by atoms with Gasteiger partial charge in [-0.05, 0) is 29.8 Å². The molecule has 1 aromatic heterocycles. The summed E-state index contributed by atoms with van der Waals surface area (Å²) < 4.78 is 18.0. The van der Waals surface area contributed by atoms with Gasteiger partial charge in [0.25, 0.3) is 5.91 Å². The molecule has 0 atom stereocenters. The van der Waals surface area contributed by atoms with Crippen LogP contribution in [0.5, 0.6) is 0 Å². The first kappa shape index (κ1) is 25.0. The molecule has 0 unspecified atom stereocenters. The van der Waals surface area contributed by atoms with E-state index in [1.807, 2.05) is 6.07 Å². The van der Waals surface area contributed by atoms with Gasteiger partial charge in [0.05, 0.1) is 18.7 Å². The Kier molecular flexibility index (Phi) is 9.24. The summed E-state index contributed by atoms with van der Waals surface area (Å²) in [6.45, 7) is 0.666. The lowest BCUT2D eigenvalue weighted by Gasteiger charge is -2.21. The summed E-state index contributed by atoms with van der Waals surface area (Å²) in [5.41, 5.74) is 1.77. The van der Waals surface area contributed by atoms with E-state index >= 15 is 0 Å². The number of benzene rings is 2. The van der Waals surface area contributed by atoms with Crippen LogP contribution < -0.4 is 10.6 Å². The van der Waals surface area contributed by atoms with Crippen LogP contribution in [0.3, 0.4) is 0 Å². The van der Waals surface area contributed by atoms with Crippen LogP contribution in [0.4, 0.5) is 9.52 Å². The van der Waals surface area contributed by atoms with Gasteiger partial charge in [-0.2, -0.15) is 0 Å². The molecule has 0 fully saturated rings. The number of carbonyl (C=O) groups is 3. The SMILES string of the molecule is COCCN(CC(=O)Nc1nc(CC(=O)NCc2ccc(F)cc2)cs1)C(=O)c1ccccc1. The van der Waals surface area contributed by atoms with Crippen LogP contribution in [-0.2, 0) is 27.3 Å². The van der Waals surface area contributed by atoms with Crippen LogP contribution in [0.1, 0.15) is 21.6 Å². The van der Waals surface area contributed by atoms with E-state index in [-0.39, 0.29) is 43.7 Å². The van der Waals surface area contributed by atoms with Gasteiger partial charge >= 0.3 is 0 Å². The molecule has 3 amide bonds. The summed E-state index contributed by atoms with van der Waals surface area (Å²) in [6, 6.07) is 14.6. The van der Waals surface area contributed by atoms with Gasteiger partial charge in [0.1, 0.15) is 12.4 Å². The summed E-state index contributed by atoms with van der Waals surface area (Å²) in [5.74, 6) is -1.25. The fourth-order valence-electron chi connectivity index (χ4n) is 3.02. The Morgan fingerprint density at radius 1 is 1.06 bits per heavy atom. The standard InChI is InChI=1S/C24H25FN4O4S/c1-33-12-11-29(23(32)18-5-3-2-4-6-18)15-22(31)28-24-27-20(16-34-24)13-21(30)26-14-17-7-9-19(25)10-8-17/h2-10,16H,11-15H2,1H3,(H,26,30)(H,27,28,31). The number of aromatic nitrogens is 1. The molecule has 0 aliphatic heterocycles. The molecule has 10 heteroatoms. The topological polar surface area (TPSA) is 101 Å². The van der Waals surface area contributed by atoms with E-state index in [9.17, 15) is 18.8 Å². The van der Waals surface area contributed by atoms with E-state index in [2.05, 4.69) is 15.6 Å². The molecule has 0 saturated carbocycles. The number of anilines is 1. The third-order valence-electron chi connectivity index (χ3n) is 4.75. The summed E-state index contributed by atoms with van der Waals surface area (Å²) in [7, 11) is 1.53. The average molecular weight is 485 g/mol. The Hall–Kier alpha value is -3.63. The van der Waals surface area contributed by atoms with E-state index in [4.69, 9.17) is 4.74 Å². The maximum Gasteiger partial charge on any atom is 0.254 e. The highest BCUT2D eigenvalue weighted by molar-refractivity contribution is 7.13. The van der Waals surface area contributed by atoms with Crippen LogP contribution >= 0.6 is 11.3 Å². The zero-order valence-corrected chi connectivity index (χ0v) is 19.4. The van der Waals surface area contributed by atoms with Gasteiger partial charge in [0.2, 0.25) is 11.8 Å². The van der Waals surface area contributed by atoms with E-state index in [0.29, 0.717) is 23.0 Å². The summed E-state index contributed by atoms with van der Waals surface area (Å²) in [4.78, 5) is 43.2. The van der Waals surface area contributed by atoms with Crippen molar-refractivity contribution in [2.75, 3.05) is 32.1 Å². The lowest BCUT2D eigenvalue weighted by molar-refractivity contribution is -0.120. The number of nitrogens with one attached hydrogen (secondary N) is 2. The lowest BCUT2D eigenvalue weighted by atomic mass is 10.2. The normalized spacial score (nSPS) is 10.5. The fourth-order valence-corrected chi connectivity index (χ4v) is 3.75. The molecular weight excluding hydrogens is 459 g/mol. The Morgan fingerprint density at radius 3 is 2.50 bits per heavy atom. The number of nitrogens with zero attached hydrogens (tertiary/aromatic N) is 2. The van der Waals surface area contributed by atoms with Gasteiger partial charge in [-0.1, -0.05) is 30.3 Å². The van der Waals surface area contributed by atoms with Gasteiger partial charge < -0.3 is 20.3 Å². The number of hydrogen-bond acceptors (Lipinski definition) is 6. The van der Waals surface area contributed by atoms with Crippen LogP contribution in [-0.4, -0.2) is 54.4 Å². The first-order chi connectivity index (χ1) is 16.4. The van der Waals surface area contributed by atoms with E-state index in [1.54, 1.807) is 41.8 Å². The van der Waals surface area contributed by atoms with Gasteiger partial charge in [-0.15, -0.1) is 11.3 Å². The molecule has 3 aromatic rings. The fraction of sp³-hybridized carbons (Fsp3) is 0.250. The predicted molar refractivity (Wildman–Crippen MR) is 127 cm³/mol. The average Bonchev–Trinajstić information content (AvgIpc) is 3.27. The van der Waals surface area contributed by atoms with Gasteiger partial charge in [-0.25, -0.2) is 9.37 Å². The number of thiazole rings is 1. The highest BCUT2D eigenvalue weighted by Gasteiger charge is 2.19. The molecule has 3 rings (SSSR count). The highest BCUT2D eigenvalue weighted by atomic mass is 32.1. The number of carbonyl (C=O) groups excluding carboxylic acids is 3. The minimum atomic E-state index is -0.401. The molecular formula is C24H25FN4O4S. The summed E-state index contributed by atoms with van der Waals surface area (Å²) >= 11 is 1.19. The molecule has 178 valence electrons. The number of rotatable bonds is 11. The number of hydrogen-bond donors (Lipinski definition) is 2. The Morgan fingerprint density at radius 2 is 1.79 bits per heavy atom. The lowest BCUT2D eigenvalue weighted by Crippen LogP contribution is -2.40. The minimum absolute atomic E-state index is 0.0417. The zero-order valence-electron chi connectivity index (χ0n) is 18.6. The number of halogens is 1. The van der Waals surface area contributed by atoms with Gasteiger partial charge in [0, 0.05) is 31.1 Å². The molecule has 0 bridgehead atoms. The Bertz CT molecular complexity index is 1110.